The molecule has 19 heavy (non-hydrogen) atoms. The molecule has 6 heteroatoms. The molecule has 3 N–H and O–H groups in total. The summed E-state index contributed by atoms with van der Waals surface area (Å²) in [5.41, 5.74) is -0.0833. The number of phosphoric ester groups is 1. The van der Waals surface area contributed by atoms with Crippen molar-refractivity contribution < 1.29 is 18.9 Å². The molecule has 1 fully saturated rings. The molecule has 0 aromatic carbocycles. The molecular formula is C13H28NO4P. The third kappa shape index (κ3) is 4.83. The molecule has 0 radical (unpaired) electrons. The van der Waals surface area contributed by atoms with Gasteiger partial charge in [-0.15, -0.1) is 0 Å². The van der Waals surface area contributed by atoms with Crippen LogP contribution >= 0.6 is 7.82 Å². The molecule has 0 bridgehead atoms. The van der Waals surface area contributed by atoms with Crippen LogP contribution in [0, 0.1) is 16.7 Å². The van der Waals surface area contributed by atoms with Gasteiger partial charge in [-0.3, -0.25) is 4.52 Å². The zero-order valence-electron chi connectivity index (χ0n) is 12.8. The van der Waals surface area contributed by atoms with E-state index < -0.39 is 13.9 Å². The largest absolute Gasteiger partial charge is 0.469 e. The van der Waals surface area contributed by atoms with E-state index in [1.165, 1.54) is 0 Å². The Morgan fingerprint density at radius 1 is 1.11 bits per heavy atom. The van der Waals surface area contributed by atoms with E-state index >= 15 is 0 Å². The van der Waals surface area contributed by atoms with E-state index in [9.17, 15) is 4.57 Å². The van der Waals surface area contributed by atoms with E-state index in [2.05, 4.69) is 46.9 Å². The molecule has 0 aliphatic carbocycles. The van der Waals surface area contributed by atoms with Crippen molar-refractivity contribution in [2.75, 3.05) is 6.54 Å². The van der Waals surface area contributed by atoms with Crippen molar-refractivity contribution in [3.05, 3.63) is 0 Å². The summed E-state index contributed by atoms with van der Waals surface area (Å²) >= 11 is 0. The molecule has 0 aromatic rings. The summed E-state index contributed by atoms with van der Waals surface area (Å²) in [6, 6.07) is 0.165. The van der Waals surface area contributed by atoms with Crippen LogP contribution in [-0.2, 0) is 9.09 Å². The van der Waals surface area contributed by atoms with Gasteiger partial charge in [0, 0.05) is 12.0 Å². The van der Waals surface area contributed by atoms with Crippen LogP contribution in [0.25, 0.3) is 0 Å². The van der Waals surface area contributed by atoms with Crippen molar-refractivity contribution in [3.8, 4) is 0 Å². The first-order chi connectivity index (χ1) is 8.32. The second-order valence-electron chi connectivity index (χ2n) is 7.61. The maximum Gasteiger partial charge on any atom is 0.469 e. The number of rotatable bonds is 2. The van der Waals surface area contributed by atoms with Gasteiger partial charge in [0.2, 0.25) is 0 Å². The molecule has 0 amide bonds. The first-order valence-electron chi connectivity index (χ1n) is 6.80. The van der Waals surface area contributed by atoms with Crippen molar-refractivity contribution in [2.45, 2.75) is 60.1 Å². The molecule has 3 atom stereocenters. The molecule has 5 nitrogen and oxygen atoms in total. The summed E-state index contributed by atoms with van der Waals surface area (Å²) in [6.45, 7) is 13.4. The maximum atomic E-state index is 11.2. The van der Waals surface area contributed by atoms with Gasteiger partial charge in [0.15, 0.2) is 0 Å². The van der Waals surface area contributed by atoms with Gasteiger partial charge in [-0.05, 0) is 23.8 Å². The van der Waals surface area contributed by atoms with Gasteiger partial charge in [0.1, 0.15) is 0 Å². The third-order valence-corrected chi connectivity index (χ3v) is 4.30. The third-order valence-electron chi connectivity index (χ3n) is 3.76. The molecule has 1 aliphatic rings. The molecule has 1 heterocycles. The van der Waals surface area contributed by atoms with E-state index in [1.54, 1.807) is 0 Å². The van der Waals surface area contributed by atoms with Gasteiger partial charge >= 0.3 is 7.82 Å². The summed E-state index contributed by atoms with van der Waals surface area (Å²) in [5, 5.41) is 3.50. The fraction of sp³-hybridized carbons (Fsp3) is 1.00. The van der Waals surface area contributed by atoms with Crippen LogP contribution in [0.4, 0.5) is 0 Å². The second kappa shape index (κ2) is 5.45. The van der Waals surface area contributed by atoms with Crippen LogP contribution in [0.2, 0.25) is 0 Å². The minimum Gasteiger partial charge on any atom is -0.313 e. The fourth-order valence-electron chi connectivity index (χ4n) is 3.10. The number of piperidine rings is 1. The summed E-state index contributed by atoms with van der Waals surface area (Å²) in [7, 11) is -4.45. The smallest absolute Gasteiger partial charge is 0.313 e. The average molecular weight is 293 g/mol. The Kier molecular flexibility index (Phi) is 4.92. The van der Waals surface area contributed by atoms with Crippen LogP contribution in [0.1, 0.15) is 48.0 Å². The predicted molar refractivity (Wildman–Crippen MR) is 75.7 cm³/mol. The molecule has 1 rings (SSSR count). The van der Waals surface area contributed by atoms with Crippen LogP contribution in [0.5, 0.6) is 0 Å². The summed E-state index contributed by atoms with van der Waals surface area (Å²) < 4.78 is 16.2. The molecule has 3 unspecified atom stereocenters. The molecule has 0 spiro atoms. The zero-order chi connectivity index (χ0) is 15.1. The maximum absolute atomic E-state index is 11.2. The highest BCUT2D eigenvalue weighted by Crippen LogP contribution is 2.48. The van der Waals surface area contributed by atoms with Crippen molar-refractivity contribution in [3.63, 3.8) is 0 Å². The fourth-order valence-corrected chi connectivity index (χ4v) is 3.69. The quantitative estimate of drug-likeness (QED) is 0.682. The highest BCUT2D eigenvalue weighted by molar-refractivity contribution is 7.46. The van der Waals surface area contributed by atoms with Crippen molar-refractivity contribution in [1.29, 1.82) is 0 Å². The molecule has 0 saturated carbocycles. The number of nitrogens with one attached hydrogen (secondary N) is 1. The SMILES string of the molecule is CC(C)(C)C1NCCC(OP(=O)(O)O)C1C(C)(C)C. The Hall–Kier alpha value is 0.0700. The summed E-state index contributed by atoms with van der Waals surface area (Å²) in [4.78, 5) is 18.2. The standard InChI is InChI=1S/C13H28NO4P/c1-12(2,3)10-9(18-19(15,16)17)7-8-14-11(10)13(4,5)6/h9-11,14H,7-8H2,1-6H3,(H2,15,16,17). The molecule has 114 valence electrons. The first kappa shape index (κ1) is 17.1. The minimum absolute atomic E-state index is 0.00881. The topological polar surface area (TPSA) is 78.8 Å². The van der Waals surface area contributed by atoms with Gasteiger partial charge in [-0.25, -0.2) is 4.57 Å². The van der Waals surface area contributed by atoms with Crippen LogP contribution in [0.15, 0.2) is 0 Å². The van der Waals surface area contributed by atoms with E-state index in [0.29, 0.717) is 6.42 Å². The van der Waals surface area contributed by atoms with Gasteiger partial charge < -0.3 is 15.1 Å². The Bertz CT molecular complexity index is 353. The monoisotopic (exact) mass is 293 g/mol. The lowest BCUT2D eigenvalue weighted by Gasteiger charge is -2.50. The Morgan fingerprint density at radius 2 is 1.63 bits per heavy atom. The van der Waals surface area contributed by atoms with E-state index in [-0.39, 0.29) is 22.8 Å². The minimum atomic E-state index is -4.45. The van der Waals surface area contributed by atoms with Gasteiger partial charge in [-0.2, -0.15) is 0 Å². The van der Waals surface area contributed by atoms with Crippen molar-refractivity contribution in [1.82, 2.24) is 5.32 Å². The number of hydrogen-bond acceptors (Lipinski definition) is 3. The van der Waals surface area contributed by atoms with Crippen LogP contribution < -0.4 is 5.32 Å². The van der Waals surface area contributed by atoms with Crippen LogP contribution in [-0.4, -0.2) is 28.5 Å². The summed E-state index contributed by atoms with van der Waals surface area (Å²) in [5.74, 6) is 0.0499. The lowest BCUT2D eigenvalue weighted by molar-refractivity contribution is -0.0350. The lowest BCUT2D eigenvalue weighted by atomic mass is 9.64. The predicted octanol–water partition coefficient (Wildman–Crippen LogP) is 2.53. The number of hydrogen-bond donors (Lipinski definition) is 3. The summed E-state index contributed by atoms with van der Waals surface area (Å²) in [6.07, 6.45) is 0.214. The first-order valence-corrected chi connectivity index (χ1v) is 8.33. The van der Waals surface area contributed by atoms with E-state index in [1.807, 2.05) is 0 Å². The molecule has 0 aromatic heterocycles. The second-order valence-corrected chi connectivity index (χ2v) is 8.80. The van der Waals surface area contributed by atoms with Crippen molar-refractivity contribution in [2.24, 2.45) is 16.7 Å². The molecule has 1 aliphatic heterocycles. The highest BCUT2D eigenvalue weighted by Gasteiger charge is 2.47. The highest BCUT2D eigenvalue weighted by atomic mass is 31.2. The molecular weight excluding hydrogens is 265 g/mol. The Labute approximate surface area is 116 Å². The van der Waals surface area contributed by atoms with E-state index in [4.69, 9.17) is 14.3 Å². The normalized spacial score (nSPS) is 30.4. The Morgan fingerprint density at radius 3 is 2.00 bits per heavy atom. The number of phosphoric acid groups is 1. The van der Waals surface area contributed by atoms with Crippen LogP contribution in [0.3, 0.4) is 0 Å². The van der Waals surface area contributed by atoms with Gasteiger partial charge in [0.25, 0.3) is 0 Å². The van der Waals surface area contributed by atoms with E-state index in [0.717, 1.165) is 6.54 Å². The Balaban J connectivity index is 3.06. The van der Waals surface area contributed by atoms with Gasteiger partial charge in [-0.1, -0.05) is 41.5 Å². The zero-order valence-corrected chi connectivity index (χ0v) is 13.7. The van der Waals surface area contributed by atoms with Gasteiger partial charge in [0.05, 0.1) is 6.10 Å². The lowest BCUT2D eigenvalue weighted by Crippen LogP contribution is -2.58. The average Bonchev–Trinajstić information content (AvgIpc) is 2.11. The molecule has 1 saturated heterocycles. The van der Waals surface area contributed by atoms with Crippen molar-refractivity contribution >= 4 is 7.82 Å².